The number of amides is 1. The molecule has 3 aromatic rings. The average molecular weight is 483 g/mol. The van der Waals surface area contributed by atoms with Crippen molar-refractivity contribution in [1.29, 1.82) is 0 Å². The molecule has 1 saturated heterocycles. The van der Waals surface area contributed by atoms with Gasteiger partial charge in [-0.1, -0.05) is 0 Å². The Kier molecular flexibility index (Phi) is 6.71. The molecule has 3 aromatic heterocycles. The number of aliphatic hydroxyl groups excluding tert-OH is 1. The number of halogens is 1. The zero-order chi connectivity index (χ0) is 24.4. The fourth-order valence-electron chi connectivity index (χ4n) is 4.48. The number of carbonyl (C=O) groups is 1. The number of ether oxygens (including phenoxy) is 2. The molecule has 11 heteroatoms. The first-order chi connectivity index (χ1) is 17.0. The van der Waals surface area contributed by atoms with E-state index in [1.807, 2.05) is 6.07 Å². The Morgan fingerprint density at radius 2 is 2.20 bits per heavy atom. The molecule has 35 heavy (non-hydrogen) atoms. The second-order valence-corrected chi connectivity index (χ2v) is 8.69. The summed E-state index contributed by atoms with van der Waals surface area (Å²) in [6.45, 7) is 2.27. The number of hydrogen-bond acceptors (Lipinski definition) is 9. The molecule has 0 saturated carbocycles. The third-order valence-electron chi connectivity index (χ3n) is 6.37. The van der Waals surface area contributed by atoms with Crippen LogP contribution in [0.1, 0.15) is 17.7 Å². The first-order valence-electron chi connectivity index (χ1n) is 11.5. The number of likely N-dealkylation sites (tertiary alicyclic amines) is 1. The minimum Gasteiger partial charge on any atom is -0.481 e. The quantitative estimate of drug-likeness (QED) is 0.457. The highest BCUT2D eigenvalue weighted by Crippen LogP contribution is 2.26. The van der Waals surface area contributed by atoms with Crippen LogP contribution in [0, 0.1) is 5.82 Å². The maximum atomic E-state index is 14.6. The molecule has 2 aliphatic heterocycles. The van der Waals surface area contributed by atoms with Crippen molar-refractivity contribution in [3.8, 4) is 11.6 Å². The molecule has 0 radical (unpaired) electrons. The number of aliphatic hydroxyl groups is 1. The van der Waals surface area contributed by atoms with Gasteiger partial charge in [0.2, 0.25) is 5.88 Å². The molecule has 0 spiro atoms. The summed E-state index contributed by atoms with van der Waals surface area (Å²) in [6, 6.07) is 6.99. The van der Waals surface area contributed by atoms with Gasteiger partial charge in [0.05, 0.1) is 36.1 Å². The fourth-order valence-corrected chi connectivity index (χ4v) is 4.48. The standard InChI is InChI=1S/C24H27FN6O4/c1-34-22-5-3-18-23(30-22)15(16(25)11-27-18)6-8-31-9-7-17(19(32)12-31)26-10-14-2-4-20-24(28-14)29-21(33)13-35-20/h2-5,11,17,19,26,32H,6-10,12-13H2,1H3,(H,28,29,33)/t17-,19?/m1/s1. The van der Waals surface area contributed by atoms with E-state index in [9.17, 15) is 14.3 Å². The Morgan fingerprint density at radius 1 is 1.31 bits per heavy atom. The SMILES string of the molecule is COc1ccc2ncc(F)c(CCN3CC[C@@H](NCc4ccc5c(n4)NC(=O)CO5)C(O)C3)c2n1. The molecular weight excluding hydrogens is 455 g/mol. The summed E-state index contributed by atoms with van der Waals surface area (Å²) >= 11 is 0. The van der Waals surface area contributed by atoms with Crippen LogP contribution in [0.25, 0.3) is 11.0 Å². The first kappa shape index (κ1) is 23.3. The van der Waals surface area contributed by atoms with E-state index < -0.39 is 11.9 Å². The number of nitrogens with zero attached hydrogens (tertiary/aromatic N) is 4. The molecule has 1 amide bonds. The number of pyridine rings is 3. The predicted octanol–water partition coefficient (Wildman–Crippen LogP) is 1.27. The van der Waals surface area contributed by atoms with Crippen LogP contribution in [0.15, 0.2) is 30.5 Å². The highest BCUT2D eigenvalue weighted by molar-refractivity contribution is 5.94. The van der Waals surface area contributed by atoms with E-state index in [1.165, 1.54) is 13.3 Å². The third-order valence-corrected chi connectivity index (χ3v) is 6.37. The second kappa shape index (κ2) is 10.1. The Labute approximate surface area is 201 Å². The van der Waals surface area contributed by atoms with Gasteiger partial charge in [-0.3, -0.25) is 9.78 Å². The molecule has 0 aromatic carbocycles. The lowest BCUT2D eigenvalue weighted by molar-refractivity contribution is -0.118. The van der Waals surface area contributed by atoms with Gasteiger partial charge in [-0.25, -0.2) is 14.4 Å². The zero-order valence-corrected chi connectivity index (χ0v) is 19.3. The normalized spacial score (nSPS) is 20.3. The summed E-state index contributed by atoms with van der Waals surface area (Å²) in [7, 11) is 1.52. The molecule has 5 rings (SSSR count). The number of piperidine rings is 1. The number of hydrogen-bond donors (Lipinski definition) is 3. The smallest absolute Gasteiger partial charge is 0.263 e. The van der Waals surface area contributed by atoms with Crippen molar-refractivity contribution in [2.24, 2.45) is 0 Å². The fraction of sp³-hybridized carbons (Fsp3) is 0.417. The van der Waals surface area contributed by atoms with Crippen LogP contribution >= 0.6 is 0 Å². The Balaban J connectivity index is 1.16. The minimum absolute atomic E-state index is 0.00816. The molecule has 184 valence electrons. The topological polar surface area (TPSA) is 122 Å². The summed E-state index contributed by atoms with van der Waals surface area (Å²) in [5.74, 6) is 0.756. The zero-order valence-electron chi connectivity index (χ0n) is 19.3. The van der Waals surface area contributed by atoms with Crippen LogP contribution in [0.2, 0.25) is 0 Å². The number of aromatic nitrogens is 3. The summed E-state index contributed by atoms with van der Waals surface area (Å²) in [6.07, 6.45) is 1.82. The number of methoxy groups -OCH3 is 1. The largest absolute Gasteiger partial charge is 0.481 e. The molecule has 3 N–H and O–H groups in total. The highest BCUT2D eigenvalue weighted by atomic mass is 19.1. The molecule has 2 atom stereocenters. The van der Waals surface area contributed by atoms with Crippen LogP contribution in [-0.2, 0) is 17.8 Å². The summed E-state index contributed by atoms with van der Waals surface area (Å²) in [5.41, 5.74) is 2.36. The van der Waals surface area contributed by atoms with E-state index in [4.69, 9.17) is 9.47 Å². The Morgan fingerprint density at radius 3 is 3.03 bits per heavy atom. The molecule has 0 aliphatic carbocycles. The lowest BCUT2D eigenvalue weighted by Gasteiger charge is -2.36. The molecule has 10 nitrogen and oxygen atoms in total. The minimum atomic E-state index is -0.582. The van der Waals surface area contributed by atoms with Crippen molar-refractivity contribution in [3.63, 3.8) is 0 Å². The van der Waals surface area contributed by atoms with E-state index in [0.717, 1.165) is 18.7 Å². The Hall–Kier alpha value is -3.41. The van der Waals surface area contributed by atoms with Gasteiger partial charge < -0.3 is 30.1 Å². The molecule has 5 heterocycles. The summed E-state index contributed by atoms with van der Waals surface area (Å²) in [5, 5.41) is 16.8. The van der Waals surface area contributed by atoms with Crippen LogP contribution in [0.4, 0.5) is 10.2 Å². The summed E-state index contributed by atoms with van der Waals surface area (Å²) in [4.78, 5) is 26.6. The van der Waals surface area contributed by atoms with Crippen LogP contribution < -0.4 is 20.1 Å². The second-order valence-electron chi connectivity index (χ2n) is 8.69. The highest BCUT2D eigenvalue weighted by Gasteiger charge is 2.28. The maximum absolute atomic E-state index is 14.6. The van der Waals surface area contributed by atoms with Crippen LogP contribution in [0.5, 0.6) is 11.6 Å². The van der Waals surface area contributed by atoms with Gasteiger partial charge in [0.25, 0.3) is 5.91 Å². The van der Waals surface area contributed by atoms with Gasteiger partial charge in [-0.15, -0.1) is 0 Å². The third kappa shape index (κ3) is 5.16. The van der Waals surface area contributed by atoms with Crippen molar-refractivity contribution < 1.29 is 23.8 Å². The van der Waals surface area contributed by atoms with Gasteiger partial charge in [-0.2, -0.15) is 0 Å². The van der Waals surface area contributed by atoms with E-state index in [1.54, 1.807) is 18.2 Å². The lowest BCUT2D eigenvalue weighted by Crippen LogP contribution is -2.52. The predicted molar refractivity (Wildman–Crippen MR) is 126 cm³/mol. The number of nitrogens with one attached hydrogen (secondary N) is 2. The number of rotatable bonds is 7. The van der Waals surface area contributed by atoms with Crippen molar-refractivity contribution in [1.82, 2.24) is 25.2 Å². The van der Waals surface area contributed by atoms with Gasteiger partial charge >= 0.3 is 0 Å². The van der Waals surface area contributed by atoms with Crippen molar-refractivity contribution >= 4 is 22.8 Å². The number of anilines is 1. The van der Waals surface area contributed by atoms with Gasteiger partial charge in [-0.05, 0) is 37.6 Å². The van der Waals surface area contributed by atoms with Crippen molar-refractivity contribution in [2.75, 3.05) is 38.7 Å². The van der Waals surface area contributed by atoms with E-state index in [-0.39, 0.29) is 18.6 Å². The molecule has 1 unspecified atom stereocenters. The van der Waals surface area contributed by atoms with Gasteiger partial charge in [0.1, 0.15) is 5.82 Å². The lowest BCUT2D eigenvalue weighted by atomic mass is 10.0. The van der Waals surface area contributed by atoms with E-state index >= 15 is 0 Å². The maximum Gasteiger partial charge on any atom is 0.263 e. The van der Waals surface area contributed by atoms with Crippen LogP contribution in [-0.4, -0.2) is 76.4 Å². The van der Waals surface area contributed by atoms with E-state index in [2.05, 4.69) is 30.5 Å². The van der Waals surface area contributed by atoms with Crippen molar-refractivity contribution in [3.05, 3.63) is 47.5 Å². The van der Waals surface area contributed by atoms with E-state index in [0.29, 0.717) is 60.1 Å². The van der Waals surface area contributed by atoms with Gasteiger partial charge in [0.15, 0.2) is 18.2 Å². The first-order valence-corrected chi connectivity index (χ1v) is 11.5. The number of carbonyl (C=O) groups excluding carboxylic acids is 1. The monoisotopic (exact) mass is 482 g/mol. The van der Waals surface area contributed by atoms with Crippen LogP contribution in [0.3, 0.4) is 0 Å². The summed E-state index contributed by atoms with van der Waals surface area (Å²) < 4.78 is 25.1. The Bertz CT molecular complexity index is 1240. The molecule has 0 bridgehead atoms. The molecular formula is C24H27FN6O4. The number of fused-ring (bicyclic) bond motifs is 2. The van der Waals surface area contributed by atoms with Crippen molar-refractivity contribution in [2.45, 2.75) is 31.5 Å². The molecule has 1 fully saturated rings. The molecule has 2 aliphatic rings. The van der Waals surface area contributed by atoms with Gasteiger partial charge in [0, 0.05) is 37.3 Å². The number of β-amino-alcohol motifs (C(OH)–C–C–N with tert-alkyl or cyclic N) is 1. The average Bonchev–Trinajstić information content (AvgIpc) is 2.87.